The van der Waals surface area contributed by atoms with E-state index in [2.05, 4.69) is 34.1 Å². The fraction of sp³-hybridized carbons (Fsp3) is 0.625. The highest BCUT2D eigenvalue weighted by Crippen LogP contribution is 2.31. The Labute approximate surface area is 130 Å². The molecule has 4 rings (SSSR count). The first-order valence-electron chi connectivity index (χ1n) is 7.99. The zero-order valence-corrected chi connectivity index (χ0v) is 12.5. The maximum absolute atomic E-state index is 10.5. The van der Waals surface area contributed by atoms with Gasteiger partial charge >= 0.3 is 0 Å². The molecule has 0 radical (unpaired) electrons. The maximum atomic E-state index is 10.5. The minimum absolute atomic E-state index is 0.160. The van der Waals surface area contributed by atoms with Crippen molar-refractivity contribution in [3.05, 3.63) is 30.3 Å². The number of aliphatic hydroxyl groups excluding tert-OH is 1. The third-order valence-corrected chi connectivity index (χ3v) is 5.04. The molecule has 6 heteroatoms. The lowest BCUT2D eigenvalue weighted by atomic mass is 9.95. The van der Waals surface area contributed by atoms with E-state index >= 15 is 0 Å². The third-order valence-electron chi connectivity index (χ3n) is 5.04. The van der Waals surface area contributed by atoms with Gasteiger partial charge in [-0.25, -0.2) is 0 Å². The van der Waals surface area contributed by atoms with Crippen LogP contribution in [0.4, 0.5) is 5.69 Å². The van der Waals surface area contributed by atoms with Crippen molar-refractivity contribution >= 4 is 5.69 Å². The van der Waals surface area contributed by atoms with Crippen molar-refractivity contribution in [1.29, 1.82) is 0 Å². The van der Waals surface area contributed by atoms with Crippen molar-refractivity contribution in [2.75, 3.05) is 37.7 Å². The summed E-state index contributed by atoms with van der Waals surface area (Å²) in [4.78, 5) is 4.63. The Morgan fingerprint density at radius 3 is 2.55 bits per heavy atom. The summed E-state index contributed by atoms with van der Waals surface area (Å²) in [5, 5.41) is 10.5. The fourth-order valence-corrected chi connectivity index (χ4v) is 3.74. The molecule has 3 fully saturated rings. The molecule has 1 aromatic carbocycles. The van der Waals surface area contributed by atoms with Crippen LogP contribution < -0.4 is 10.6 Å². The number of para-hydroxylation sites is 1. The van der Waals surface area contributed by atoms with Gasteiger partial charge in [-0.1, -0.05) is 18.2 Å². The molecule has 3 saturated heterocycles. The number of fused-ring (bicyclic) bond motifs is 2. The number of nitrogens with zero attached hydrogens (tertiary/aromatic N) is 2. The van der Waals surface area contributed by atoms with Crippen LogP contribution in [0.3, 0.4) is 0 Å². The van der Waals surface area contributed by atoms with Gasteiger partial charge in [0.1, 0.15) is 6.10 Å². The van der Waals surface area contributed by atoms with Gasteiger partial charge in [0, 0.05) is 31.9 Å². The van der Waals surface area contributed by atoms with Gasteiger partial charge in [0.25, 0.3) is 0 Å². The van der Waals surface area contributed by atoms with Crippen molar-refractivity contribution < 1.29 is 14.6 Å². The molecule has 3 N–H and O–H groups in total. The van der Waals surface area contributed by atoms with Crippen molar-refractivity contribution in [3.8, 4) is 0 Å². The first-order valence-corrected chi connectivity index (χ1v) is 7.99. The molecule has 3 aliphatic rings. The van der Waals surface area contributed by atoms with Gasteiger partial charge in [0.2, 0.25) is 0 Å². The van der Waals surface area contributed by atoms with Gasteiger partial charge in [0.15, 0.2) is 6.29 Å². The summed E-state index contributed by atoms with van der Waals surface area (Å²) in [6, 6.07) is 9.90. The van der Waals surface area contributed by atoms with Crippen LogP contribution in [-0.2, 0) is 9.47 Å². The normalized spacial score (nSPS) is 39.2. The topological polar surface area (TPSA) is 71.2 Å². The molecule has 0 aromatic heterocycles. The summed E-state index contributed by atoms with van der Waals surface area (Å²) >= 11 is 0. The van der Waals surface area contributed by atoms with Crippen LogP contribution in [0.5, 0.6) is 0 Å². The predicted octanol–water partition coefficient (Wildman–Crippen LogP) is -0.379. The number of piperazine rings is 1. The molecule has 3 heterocycles. The molecule has 2 bridgehead atoms. The SMILES string of the molecule is N[C@H]1[C@H](O)[C@H](N2CCN(c3ccccc3)CC2)[C@@H]2OC[C@@H]1O2. The number of benzene rings is 1. The van der Waals surface area contributed by atoms with Crippen LogP contribution in [-0.4, -0.2) is 73.4 Å². The lowest BCUT2D eigenvalue weighted by Crippen LogP contribution is -2.65. The van der Waals surface area contributed by atoms with E-state index in [1.807, 2.05) is 6.07 Å². The average molecular weight is 305 g/mol. The van der Waals surface area contributed by atoms with E-state index < -0.39 is 6.10 Å². The van der Waals surface area contributed by atoms with E-state index in [9.17, 15) is 5.11 Å². The number of nitrogens with two attached hydrogens (primary N) is 1. The van der Waals surface area contributed by atoms with Crippen LogP contribution in [0.2, 0.25) is 0 Å². The van der Waals surface area contributed by atoms with Crippen molar-refractivity contribution in [1.82, 2.24) is 4.90 Å². The second kappa shape index (κ2) is 5.79. The fourth-order valence-electron chi connectivity index (χ4n) is 3.74. The van der Waals surface area contributed by atoms with E-state index in [4.69, 9.17) is 15.2 Å². The molecule has 22 heavy (non-hydrogen) atoms. The van der Waals surface area contributed by atoms with Crippen LogP contribution in [0.1, 0.15) is 0 Å². The molecule has 6 nitrogen and oxygen atoms in total. The second-order valence-electron chi connectivity index (χ2n) is 6.29. The van der Waals surface area contributed by atoms with Gasteiger partial charge in [-0.15, -0.1) is 0 Å². The maximum Gasteiger partial charge on any atom is 0.176 e. The largest absolute Gasteiger partial charge is 0.390 e. The molecule has 3 aliphatic heterocycles. The molecule has 0 saturated carbocycles. The number of hydrogen-bond donors (Lipinski definition) is 2. The standard InChI is InChI=1S/C16H23N3O3/c17-13-12-10-21-16(22-12)14(15(13)20)19-8-6-18(7-9-19)11-4-2-1-3-5-11/h1-5,12-16,20H,6-10,17H2/t12-,13+,14-,15-,16+/m0/s1. The van der Waals surface area contributed by atoms with Gasteiger partial charge in [0.05, 0.1) is 24.8 Å². The van der Waals surface area contributed by atoms with Crippen LogP contribution in [0.15, 0.2) is 30.3 Å². The summed E-state index contributed by atoms with van der Waals surface area (Å²) in [5.41, 5.74) is 7.33. The van der Waals surface area contributed by atoms with Crippen LogP contribution in [0.25, 0.3) is 0 Å². The Kier molecular flexibility index (Phi) is 3.79. The van der Waals surface area contributed by atoms with Crippen molar-refractivity contribution in [2.45, 2.75) is 30.6 Å². The highest BCUT2D eigenvalue weighted by Gasteiger charge is 2.51. The van der Waals surface area contributed by atoms with Crippen LogP contribution >= 0.6 is 0 Å². The number of hydrogen-bond acceptors (Lipinski definition) is 6. The number of aliphatic hydroxyl groups is 1. The van der Waals surface area contributed by atoms with Gasteiger partial charge in [-0.2, -0.15) is 0 Å². The number of ether oxygens (including phenoxy) is 2. The van der Waals surface area contributed by atoms with E-state index in [1.54, 1.807) is 0 Å². The Balaban J connectivity index is 1.43. The number of rotatable bonds is 2. The van der Waals surface area contributed by atoms with Gasteiger partial charge in [-0.3, -0.25) is 4.90 Å². The lowest BCUT2D eigenvalue weighted by molar-refractivity contribution is -0.178. The zero-order valence-electron chi connectivity index (χ0n) is 12.5. The molecule has 0 aliphatic carbocycles. The van der Waals surface area contributed by atoms with Gasteiger partial charge in [-0.05, 0) is 12.1 Å². The predicted molar refractivity (Wildman–Crippen MR) is 82.6 cm³/mol. The molecule has 5 atom stereocenters. The van der Waals surface area contributed by atoms with Crippen LogP contribution in [0, 0.1) is 0 Å². The zero-order chi connectivity index (χ0) is 15.1. The van der Waals surface area contributed by atoms with E-state index in [-0.39, 0.29) is 24.5 Å². The Hall–Kier alpha value is -1.18. The monoisotopic (exact) mass is 305 g/mol. The molecule has 0 spiro atoms. The number of anilines is 1. The van der Waals surface area contributed by atoms with E-state index in [1.165, 1.54) is 5.69 Å². The molecule has 120 valence electrons. The summed E-state index contributed by atoms with van der Waals surface area (Å²) in [5.74, 6) is 0. The summed E-state index contributed by atoms with van der Waals surface area (Å²) < 4.78 is 11.5. The van der Waals surface area contributed by atoms with Gasteiger partial charge < -0.3 is 25.2 Å². The quantitative estimate of drug-likeness (QED) is 0.776. The van der Waals surface area contributed by atoms with Crippen molar-refractivity contribution in [2.24, 2.45) is 5.73 Å². The molecule has 0 amide bonds. The Morgan fingerprint density at radius 1 is 1.09 bits per heavy atom. The smallest absolute Gasteiger partial charge is 0.176 e. The molecular weight excluding hydrogens is 282 g/mol. The van der Waals surface area contributed by atoms with E-state index in [0.29, 0.717) is 6.61 Å². The molecule has 1 aromatic rings. The molecule has 0 unspecified atom stereocenters. The average Bonchev–Trinajstić information content (AvgIpc) is 3.01. The minimum Gasteiger partial charge on any atom is -0.390 e. The summed E-state index contributed by atoms with van der Waals surface area (Å²) in [7, 11) is 0. The minimum atomic E-state index is -0.588. The first kappa shape index (κ1) is 14.4. The third kappa shape index (κ3) is 2.41. The highest BCUT2D eigenvalue weighted by atomic mass is 16.7. The summed E-state index contributed by atoms with van der Waals surface area (Å²) in [6.07, 6.45) is -1.10. The Bertz CT molecular complexity index is 507. The second-order valence-corrected chi connectivity index (χ2v) is 6.29. The first-order chi connectivity index (χ1) is 10.7. The highest BCUT2D eigenvalue weighted by molar-refractivity contribution is 5.46. The van der Waals surface area contributed by atoms with E-state index in [0.717, 1.165) is 26.2 Å². The lowest BCUT2D eigenvalue weighted by Gasteiger charge is -2.46. The Morgan fingerprint density at radius 2 is 1.82 bits per heavy atom. The van der Waals surface area contributed by atoms with Crippen molar-refractivity contribution in [3.63, 3.8) is 0 Å². The summed E-state index contributed by atoms with van der Waals surface area (Å²) in [6.45, 7) is 4.09. The molecular formula is C16H23N3O3.